The van der Waals surface area contributed by atoms with Crippen molar-refractivity contribution < 1.29 is 32.3 Å². The Labute approximate surface area is 286 Å². The zero-order valence-corrected chi connectivity index (χ0v) is 27.1. The van der Waals surface area contributed by atoms with Gasteiger partial charge in [0.2, 0.25) is 5.91 Å². The lowest BCUT2D eigenvalue weighted by molar-refractivity contribution is -0.137. The minimum Gasteiger partial charge on any atom is -0.457 e. The highest BCUT2D eigenvalue weighted by atomic mass is 35.5. The van der Waals surface area contributed by atoms with Crippen LogP contribution >= 0.6 is 11.6 Å². The van der Waals surface area contributed by atoms with Crippen molar-refractivity contribution in [3.05, 3.63) is 113 Å². The van der Waals surface area contributed by atoms with Gasteiger partial charge in [-0.15, -0.1) is 0 Å². The second kappa shape index (κ2) is 17.6. The molecule has 4 aromatic rings. The Morgan fingerprint density at radius 3 is 2.41 bits per heavy atom. The zero-order valence-electron chi connectivity index (χ0n) is 26.4. The fraction of sp³-hybridized carbons (Fsp3) is 0.229. The van der Waals surface area contributed by atoms with Crippen LogP contribution in [0.2, 0.25) is 5.02 Å². The predicted octanol–water partition coefficient (Wildman–Crippen LogP) is 8.09. The quantitative estimate of drug-likeness (QED) is 0.0779. The van der Waals surface area contributed by atoms with E-state index in [1.54, 1.807) is 42.7 Å². The number of aromatic nitrogens is 2. The van der Waals surface area contributed by atoms with Crippen molar-refractivity contribution in [1.29, 1.82) is 0 Å². The summed E-state index contributed by atoms with van der Waals surface area (Å²) in [5.74, 6) is -0.0139. The summed E-state index contributed by atoms with van der Waals surface area (Å²) >= 11 is 5.63. The fourth-order valence-electron chi connectivity index (χ4n) is 4.52. The monoisotopic (exact) mass is 694 g/mol. The van der Waals surface area contributed by atoms with Crippen LogP contribution in [0.15, 0.2) is 91.4 Å². The number of unbranched alkanes of at least 4 members (excludes halogenated alkanes) is 2. The van der Waals surface area contributed by atoms with Crippen LogP contribution in [0.3, 0.4) is 0 Å². The first-order valence-electron chi connectivity index (χ1n) is 15.4. The number of nitrogens with zero attached hydrogens (tertiary/aromatic N) is 2. The average molecular weight is 695 g/mol. The second-order valence-corrected chi connectivity index (χ2v) is 11.2. The third-order valence-electron chi connectivity index (χ3n) is 6.96. The Morgan fingerprint density at radius 1 is 0.939 bits per heavy atom. The SMILES string of the molecule is CCCCCC(CNC(=O)c1cc(Oc2ccc(NC(=O)Nc3ccc(Cl)c(C(F)(F)F)c3)cc2)ccn1)NC(=O)/C=C/c1cccnc1. The van der Waals surface area contributed by atoms with E-state index in [0.29, 0.717) is 23.6 Å². The molecule has 0 aliphatic rings. The number of amides is 4. The number of anilines is 2. The summed E-state index contributed by atoms with van der Waals surface area (Å²) in [5.41, 5.74) is 0.0978. The van der Waals surface area contributed by atoms with Gasteiger partial charge >= 0.3 is 12.2 Å². The standard InChI is InChI=1S/C35H34ClF3N6O4/c1-2-3-4-7-26(43-32(46)15-8-23-6-5-17-40-21-23)22-42-33(47)31-20-28(16-18-41-31)49-27-12-9-24(10-13-27)44-34(48)45-25-11-14-30(36)29(19-25)35(37,38)39/h5-6,8-21,26H,2-4,7,22H2,1H3,(H,42,47)(H,43,46)(H2,44,45,48)/b15-8+. The van der Waals surface area contributed by atoms with Crippen LogP contribution in [0.1, 0.15) is 54.2 Å². The Hall–Kier alpha value is -5.43. The minimum atomic E-state index is -4.67. The molecule has 2 aromatic heterocycles. The number of urea groups is 1. The molecule has 0 fully saturated rings. The number of ether oxygens (including phenoxy) is 1. The molecule has 0 spiro atoms. The highest BCUT2D eigenvalue weighted by Crippen LogP contribution is 2.36. The van der Waals surface area contributed by atoms with Gasteiger partial charge in [0.25, 0.3) is 5.91 Å². The number of nitrogens with one attached hydrogen (secondary N) is 4. The Morgan fingerprint density at radius 2 is 1.69 bits per heavy atom. The highest BCUT2D eigenvalue weighted by molar-refractivity contribution is 6.31. The lowest BCUT2D eigenvalue weighted by Gasteiger charge is -2.18. The van der Waals surface area contributed by atoms with Gasteiger partial charge in [0.1, 0.15) is 17.2 Å². The summed E-state index contributed by atoms with van der Waals surface area (Å²) in [4.78, 5) is 46.1. The molecule has 4 rings (SSSR count). The van der Waals surface area contributed by atoms with E-state index in [1.165, 1.54) is 36.5 Å². The maximum absolute atomic E-state index is 13.1. The summed E-state index contributed by atoms with van der Waals surface area (Å²) in [5, 5.41) is 10.2. The molecule has 2 aromatic carbocycles. The average Bonchev–Trinajstić information content (AvgIpc) is 3.08. The smallest absolute Gasteiger partial charge is 0.417 e. The maximum atomic E-state index is 13.1. The molecule has 4 amide bonds. The fourth-order valence-corrected chi connectivity index (χ4v) is 4.75. The van der Waals surface area contributed by atoms with Crippen molar-refractivity contribution >= 4 is 46.9 Å². The Kier molecular flexibility index (Phi) is 13.1. The molecule has 14 heteroatoms. The van der Waals surface area contributed by atoms with Gasteiger partial charge in [-0.3, -0.25) is 19.6 Å². The van der Waals surface area contributed by atoms with Gasteiger partial charge in [0.05, 0.1) is 10.6 Å². The molecule has 0 saturated heterocycles. The van der Waals surface area contributed by atoms with E-state index >= 15 is 0 Å². The molecular weight excluding hydrogens is 661 g/mol. The molecule has 10 nitrogen and oxygen atoms in total. The molecule has 0 saturated carbocycles. The summed E-state index contributed by atoms with van der Waals surface area (Å²) in [6.07, 6.45) is 6.73. The van der Waals surface area contributed by atoms with Gasteiger partial charge in [0, 0.05) is 54.7 Å². The van der Waals surface area contributed by atoms with E-state index in [1.807, 2.05) is 6.07 Å². The summed E-state index contributed by atoms with van der Waals surface area (Å²) < 4.78 is 45.2. The Balaban J connectivity index is 1.30. The molecule has 1 atom stereocenters. The van der Waals surface area contributed by atoms with Crippen molar-refractivity contribution in [2.75, 3.05) is 17.2 Å². The van der Waals surface area contributed by atoms with Gasteiger partial charge in [-0.25, -0.2) is 4.79 Å². The van der Waals surface area contributed by atoms with Crippen molar-refractivity contribution in [2.45, 2.75) is 44.8 Å². The van der Waals surface area contributed by atoms with Crippen LogP contribution in [-0.4, -0.2) is 40.4 Å². The number of alkyl halides is 3. The van der Waals surface area contributed by atoms with Gasteiger partial charge in [-0.1, -0.05) is 43.9 Å². The van der Waals surface area contributed by atoms with Gasteiger partial charge in [0.15, 0.2) is 0 Å². The summed E-state index contributed by atoms with van der Waals surface area (Å²) in [6.45, 7) is 2.28. The van der Waals surface area contributed by atoms with E-state index in [2.05, 4.69) is 38.2 Å². The van der Waals surface area contributed by atoms with Crippen molar-refractivity contribution in [1.82, 2.24) is 20.6 Å². The molecule has 49 heavy (non-hydrogen) atoms. The van der Waals surface area contributed by atoms with E-state index in [9.17, 15) is 27.6 Å². The van der Waals surface area contributed by atoms with Crippen LogP contribution in [0.4, 0.5) is 29.3 Å². The normalized spacial score (nSPS) is 11.9. The predicted molar refractivity (Wildman–Crippen MR) is 182 cm³/mol. The van der Waals surface area contributed by atoms with E-state index in [-0.39, 0.29) is 29.9 Å². The lowest BCUT2D eigenvalue weighted by atomic mass is 10.1. The largest absolute Gasteiger partial charge is 0.457 e. The van der Waals surface area contributed by atoms with Crippen LogP contribution in [0.25, 0.3) is 6.08 Å². The van der Waals surface area contributed by atoms with Gasteiger partial charge in [-0.05, 0) is 72.7 Å². The van der Waals surface area contributed by atoms with E-state index < -0.39 is 28.7 Å². The number of rotatable bonds is 14. The summed E-state index contributed by atoms with van der Waals surface area (Å²) in [6, 6.07) is 14.8. The number of pyridine rings is 2. The first-order chi connectivity index (χ1) is 23.5. The highest BCUT2D eigenvalue weighted by Gasteiger charge is 2.33. The van der Waals surface area contributed by atoms with Crippen LogP contribution in [0, 0.1) is 0 Å². The topological polar surface area (TPSA) is 134 Å². The third-order valence-corrected chi connectivity index (χ3v) is 7.29. The summed E-state index contributed by atoms with van der Waals surface area (Å²) in [7, 11) is 0. The molecule has 0 radical (unpaired) electrons. The molecule has 2 heterocycles. The zero-order chi connectivity index (χ0) is 35.2. The van der Waals surface area contributed by atoms with Crippen LogP contribution < -0.4 is 26.0 Å². The first-order valence-corrected chi connectivity index (χ1v) is 15.7. The van der Waals surface area contributed by atoms with Crippen molar-refractivity contribution in [3.63, 3.8) is 0 Å². The Bertz CT molecular complexity index is 1750. The lowest BCUT2D eigenvalue weighted by Crippen LogP contribution is -2.43. The molecule has 1 unspecified atom stereocenters. The minimum absolute atomic E-state index is 0.0857. The van der Waals surface area contributed by atoms with Gasteiger partial charge < -0.3 is 26.0 Å². The van der Waals surface area contributed by atoms with Crippen molar-refractivity contribution in [3.8, 4) is 11.5 Å². The number of carbonyl (C=O) groups is 3. The molecule has 0 aliphatic heterocycles. The third kappa shape index (κ3) is 12.0. The van der Waals surface area contributed by atoms with E-state index in [4.69, 9.17) is 16.3 Å². The molecule has 4 N–H and O–H groups in total. The maximum Gasteiger partial charge on any atom is 0.417 e. The van der Waals surface area contributed by atoms with Gasteiger partial charge in [-0.2, -0.15) is 13.2 Å². The second-order valence-electron chi connectivity index (χ2n) is 10.8. The van der Waals surface area contributed by atoms with Crippen molar-refractivity contribution in [2.24, 2.45) is 0 Å². The molecule has 256 valence electrons. The van der Waals surface area contributed by atoms with E-state index in [0.717, 1.165) is 37.0 Å². The molecule has 0 aliphatic carbocycles. The number of hydrogen-bond acceptors (Lipinski definition) is 6. The number of hydrogen-bond donors (Lipinski definition) is 4. The number of carbonyl (C=O) groups excluding carboxylic acids is 3. The molecule has 0 bridgehead atoms. The van der Waals surface area contributed by atoms with Crippen LogP contribution in [-0.2, 0) is 11.0 Å². The number of halogens is 4. The van der Waals surface area contributed by atoms with Crippen LogP contribution in [0.5, 0.6) is 11.5 Å². The number of benzene rings is 2. The first kappa shape index (κ1) is 36.4. The molecular formula is C35H34ClF3N6O4.